The third kappa shape index (κ3) is 4.24. The smallest absolute Gasteiger partial charge is 0.243 e. The van der Waals surface area contributed by atoms with Crippen molar-refractivity contribution < 1.29 is 18.0 Å². The molecule has 1 heterocycles. The van der Waals surface area contributed by atoms with Crippen LogP contribution in [-0.2, 0) is 32.7 Å². The summed E-state index contributed by atoms with van der Waals surface area (Å²) in [6.45, 7) is 4.35. The summed E-state index contributed by atoms with van der Waals surface area (Å²) in [6.07, 6.45) is 3.50. The fourth-order valence-electron chi connectivity index (χ4n) is 4.88. The highest BCUT2D eigenvalue weighted by atomic mass is 32.2. The molecule has 32 heavy (non-hydrogen) atoms. The van der Waals surface area contributed by atoms with Crippen LogP contribution in [0.3, 0.4) is 0 Å². The van der Waals surface area contributed by atoms with E-state index in [9.17, 15) is 18.0 Å². The fraction of sp³-hybridized carbons (Fsp3) is 0.440. The third-order valence-corrected chi connectivity index (χ3v) is 8.76. The molecule has 1 aliphatic carbocycles. The summed E-state index contributed by atoms with van der Waals surface area (Å²) < 4.78 is 28.4. The van der Waals surface area contributed by atoms with Gasteiger partial charge in [-0.05, 0) is 42.5 Å². The van der Waals surface area contributed by atoms with Gasteiger partial charge in [0.05, 0.1) is 23.3 Å². The van der Waals surface area contributed by atoms with Gasteiger partial charge < -0.3 is 0 Å². The molecule has 2 amide bonds. The molecular formula is C25H30N2O4S. The Labute approximate surface area is 190 Å². The van der Waals surface area contributed by atoms with Crippen LogP contribution in [0.5, 0.6) is 0 Å². The van der Waals surface area contributed by atoms with Gasteiger partial charge in [-0.15, -0.1) is 0 Å². The molecule has 2 aromatic carbocycles. The molecule has 0 radical (unpaired) electrons. The minimum Gasteiger partial charge on any atom is -0.278 e. The Morgan fingerprint density at radius 3 is 2.16 bits per heavy atom. The SMILES string of the molecule is CCN(Cc1ccccc1)S(=O)(=O)c1cc(CN2C(=O)[C@H]3CCCC[C@@H]3C2=O)ccc1C. The Balaban J connectivity index is 1.59. The first-order valence-corrected chi connectivity index (χ1v) is 12.8. The number of carbonyl (C=O) groups excluding carboxylic acids is 2. The molecule has 1 saturated heterocycles. The van der Waals surface area contributed by atoms with E-state index in [1.54, 1.807) is 19.1 Å². The maximum atomic E-state index is 13.5. The summed E-state index contributed by atoms with van der Waals surface area (Å²) >= 11 is 0. The zero-order valence-corrected chi connectivity index (χ0v) is 19.5. The summed E-state index contributed by atoms with van der Waals surface area (Å²) in [7, 11) is -3.74. The van der Waals surface area contributed by atoms with Crippen LogP contribution in [0.25, 0.3) is 0 Å². The van der Waals surface area contributed by atoms with Crippen molar-refractivity contribution >= 4 is 21.8 Å². The highest BCUT2D eigenvalue weighted by molar-refractivity contribution is 7.89. The van der Waals surface area contributed by atoms with E-state index in [2.05, 4.69) is 0 Å². The molecule has 6 nitrogen and oxygen atoms in total. The number of aryl methyl sites for hydroxylation is 1. The van der Waals surface area contributed by atoms with Crippen LogP contribution in [0.1, 0.15) is 49.3 Å². The summed E-state index contributed by atoms with van der Waals surface area (Å²) in [4.78, 5) is 27.2. The first kappa shape index (κ1) is 22.7. The van der Waals surface area contributed by atoms with E-state index in [-0.39, 0.29) is 41.6 Å². The number of nitrogens with zero attached hydrogens (tertiary/aromatic N) is 2. The van der Waals surface area contributed by atoms with Gasteiger partial charge in [0.15, 0.2) is 0 Å². The Morgan fingerprint density at radius 2 is 1.56 bits per heavy atom. The molecule has 2 aliphatic rings. The van der Waals surface area contributed by atoms with Gasteiger partial charge in [-0.1, -0.05) is 62.2 Å². The molecule has 0 spiro atoms. The van der Waals surface area contributed by atoms with Gasteiger partial charge in [-0.25, -0.2) is 8.42 Å². The minimum absolute atomic E-state index is 0.107. The number of rotatable bonds is 7. The van der Waals surface area contributed by atoms with Gasteiger partial charge in [-0.2, -0.15) is 4.31 Å². The van der Waals surface area contributed by atoms with Gasteiger partial charge in [-0.3, -0.25) is 14.5 Å². The van der Waals surface area contributed by atoms with Crippen LogP contribution in [0.4, 0.5) is 0 Å². The molecule has 7 heteroatoms. The monoisotopic (exact) mass is 454 g/mol. The highest BCUT2D eigenvalue weighted by Crippen LogP contribution is 2.38. The van der Waals surface area contributed by atoms with Crippen LogP contribution < -0.4 is 0 Å². The lowest BCUT2D eigenvalue weighted by atomic mass is 9.81. The predicted molar refractivity (Wildman–Crippen MR) is 122 cm³/mol. The van der Waals surface area contributed by atoms with E-state index >= 15 is 0 Å². The number of benzene rings is 2. The number of sulfonamides is 1. The average Bonchev–Trinajstić information content (AvgIpc) is 3.04. The van der Waals surface area contributed by atoms with Gasteiger partial charge in [0.25, 0.3) is 0 Å². The summed E-state index contributed by atoms with van der Waals surface area (Å²) in [5.41, 5.74) is 2.22. The molecule has 2 aromatic rings. The Bertz CT molecular complexity index is 1090. The number of hydrogen-bond donors (Lipinski definition) is 0. The van der Waals surface area contributed by atoms with Crippen molar-refractivity contribution in [1.29, 1.82) is 0 Å². The van der Waals surface area contributed by atoms with Gasteiger partial charge >= 0.3 is 0 Å². The maximum Gasteiger partial charge on any atom is 0.243 e. The number of imide groups is 1. The lowest BCUT2D eigenvalue weighted by molar-refractivity contribution is -0.140. The van der Waals surface area contributed by atoms with Crippen LogP contribution in [0.2, 0.25) is 0 Å². The van der Waals surface area contributed by atoms with Crippen LogP contribution in [0.15, 0.2) is 53.4 Å². The number of amides is 2. The van der Waals surface area contributed by atoms with Crippen molar-refractivity contribution in [2.75, 3.05) is 6.54 Å². The van der Waals surface area contributed by atoms with Crippen molar-refractivity contribution in [2.45, 2.75) is 57.5 Å². The topological polar surface area (TPSA) is 74.8 Å². The standard InChI is InChI=1S/C25H30N2O4S/c1-3-26(16-19-9-5-4-6-10-19)32(30,31)23-15-20(14-13-18(23)2)17-27-24(28)21-11-7-8-12-22(21)25(27)29/h4-6,9-10,13-15,21-22H,3,7-8,11-12,16-17H2,1-2H3/t21-,22-/m0/s1. The van der Waals surface area contributed by atoms with Crippen molar-refractivity contribution in [3.63, 3.8) is 0 Å². The van der Waals surface area contributed by atoms with Crippen molar-refractivity contribution in [2.24, 2.45) is 11.8 Å². The Kier molecular flexibility index (Phi) is 6.49. The number of hydrogen-bond acceptors (Lipinski definition) is 4. The lowest BCUT2D eigenvalue weighted by Crippen LogP contribution is -2.32. The molecule has 0 aromatic heterocycles. The molecule has 0 bridgehead atoms. The fourth-order valence-corrected chi connectivity index (χ4v) is 6.60. The predicted octanol–water partition coefficient (Wildman–Crippen LogP) is 3.88. The third-order valence-electron chi connectivity index (χ3n) is 6.70. The molecule has 1 aliphatic heterocycles. The second-order valence-electron chi connectivity index (χ2n) is 8.78. The highest BCUT2D eigenvalue weighted by Gasteiger charge is 2.47. The van der Waals surface area contributed by atoms with Crippen LogP contribution in [-0.4, -0.2) is 36.0 Å². The van der Waals surface area contributed by atoms with Gasteiger partial charge in [0, 0.05) is 13.1 Å². The van der Waals surface area contributed by atoms with E-state index < -0.39 is 10.0 Å². The minimum atomic E-state index is -3.74. The normalized spacial score (nSPS) is 21.3. The van der Waals surface area contributed by atoms with E-state index in [1.165, 1.54) is 9.21 Å². The lowest BCUT2D eigenvalue weighted by Gasteiger charge is -2.23. The molecule has 170 valence electrons. The summed E-state index contributed by atoms with van der Waals surface area (Å²) in [6, 6.07) is 14.7. The molecule has 4 rings (SSSR count). The van der Waals surface area contributed by atoms with E-state index in [1.807, 2.05) is 43.3 Å². The number of fused-ring (bicyclic) bond motifs is 1. The maximum absolute atomic E-state index is 13.5. The van der Waals surface area contributed by atoms with Gasteiger partial charge in [0.2, 0.25) is 21.8 Å². The zero-order chi connectivity index (χ0) is 22.9. The molecule has 2 atom stereocenters. The number of likely N-dealkylation sites (tertiary alicyclic amines) is 1. The van der Waals surface area contributed by atoms with Crippen LogP contribution in [0, 0.1) is 18.8 Å². The molecule has 2 fully saturated rings. The first-order chi connectivity index (χ1) is 15.3. The molecule has 0 N–H and O–H groups in total. The zero-order valence-electron chi connectivity index (χ0n) is 18.7. The van der Waals surface area contributed by atoms with Crippen molar-refractivity contribution in [3.05, 3.63) is 65.2 Å². The van der Waals surface area contributed by atoms with Crippen molar-refractivity contribution in [3.8, 4) is 0 Å². The summed E-state index contributed by atoms with van der Waals surface area (Å²) in [5.74, 6) is -0.620. The van der Waals surface area contributed by atoms with E-state index in [0.29, 0.717) is 17.7 Å². The molecule has 0 unspecified atom stereocenters. The Hall–Kier alpha value is -2.51. The largest absolute Gasteiger partial charge is 0.278 e. The Morgan fingerprint density at radius 1 is 0.938 bits per heavy atom. The average molecular weight is 455 g/mol. The summed E-state index contributed by atoms with van der Waals surface area (Å²) in [5, 5.41) is 0. The first-order valence-electron chi connectivity index (χ1n) is 11.3. The second kappa shape index (κ2) is 9.16. The van der Waals surface area contributed by atoms with Gasteiger partial charge in [0.1, 0.15) is 0 Å². The quantitative estimate of drug-likeness (QED) is 0.595. The second-order valence-corrected chi connectivity index (χ2v) is 10.7. The van der Waals surface area contributed by atoms with E-state index in [4.69, 9.17) is 0 Å². The van der Waals surface area contributed by atoms with E-state index in [0.717, 1.165) is 31.2 Å². The van der Waals surface area contributed by atoms with Crippen LogP contribution >= 0.6 is 0 Å². The van der Waals surface area contributed by atoms with Crippen molar-refractivity contribution in [1.82, 2.24) is 9.21 Å². The molecule has 1 saturated carbocycles. The molecular weight excluding hydrogens is 424 g/mol. The number of carbonyl (C=O) groups is 2.